The number of aromatic nitrogens is 1. The van der Waals surface area contributed by atoms with Crippen LogP contribution in [0.25, 0.3) is 10.9 Å². The van der Waals surface area contributed by atoms with E-state index in [0.717, 1.165) is 51.5 Å². The van der Waals surface area contributed by atoms with Gasteiger partial charge in [-0.2, -0.15) is 0 Å². The van der Waals surface area contributed by atoms with Gasteiger partial charge in [0.1, 0.15) is 17.2 Å². The largest absolute Gasteiger partial charge is 0.497 e. The van der Waals surface area contributed by atoms with Gasteiger partial charge >= 0.3 is 6.03 Å². The Kier molecular flexibility index (Phi) is 6.23. The molecule has 1 unspecified atom stereocenters. The number of amides is 2. The van der Waals surface area contributed by atoms with Crippen LogP contribution < -0.4 is 19.5 Å². The van der Waals surface area contributed by atoms with Crippen LogP contribution in [0.1, 0.15) is 29.8 Å². The fraction of sp³-hybridized carbons (Fsp3) is 0.250. The molecule has 7 heteroatoms. The van der Waals surface area contributed by atoms with Crippen molar-refractivity contribution >= 4 is 22.6 Å². The van der Waals surface area contributed by atoms with Gasteiger partial charge in [0.25, 0.3) is 0 Å². The van der Waals surface area contributed by atoms with Gasteiger partial charge in [0.2, 0.25) is 0 Å². The maximum Gasteiger partial charge on any atom is 0.322 e. The molecule has 0 bridgehead atoms. The third kappa shape index (κ3) is 4.37. The van der Waals surface area contributed by atoms with E-state index in [1.54, 1.807) is 14.2 Å². The first-order valence-electron chi connectivity index (χ1n) is 11.7. The second-order valence-corrected chi connectivity index (χ2v) is 8.44. The van der Waals surface area contributed by atoms with E-state index in [1.165, 1.54) is 5.56 Å². The minimum absolute atomic E-state index is 0.156. The van der Waals surface area contributed by atoms with Gasteiger partial charge in [0, 0.05) is 28.8 Å². The number of hydrogen-bond donors (Lipinski definition) is 2. The SMILES string of the molecule is CCOc1ccc(NC(=O)N2CCc3c([nH]c4ccc(OC)cc34)C2c2ccc(OC)cc2)cc1. The molecule has 1 atom stereocenters. The minimum atomic E-state index is -0.272. The molecule has 0 aliphatic carbocycles. The van der Waals surface area contributed by atoms with E-state index in [9.17, 15) is 4.79 Å². The molecule has 2 N–H and O–H groups in total. The molecule has 180 valence electrons. The highest BCUT2D eigenvalue weighted by molar-refractivity contribution is 5.92. The average molecular weight is 472 g/mol. The number of benzene rings is 3. The van der Waals surface area contributed by atoms with E-state index < -0.39 is 0 Å². The number of nitrogens with one attached hydrogen (secondary N) is 2. The molecule has 3 aromatic carbocycles. The second-order valence-electron chi connectivity index (χ2n) is 8.44. The Morgan fingerprint density at radius 1 is 0.971 bits per heavy atom. The third-order valence-electron chi connectivity index (χ3n) is 6.44. The molecule has 2 heterocycles. The lowest BCUT2D eigenvalue weighted by molar-refractivity contribution is 0.193. The molecule has 1 aliphatic rings. The van der Waals surface area contributed by atoms with E-state index in [0.29, 0.717) is 13.2 Å². The molecule has 0 spiro atoms. The maximum atomic E-state index is 13.5. The summed E-state index contributed by atoms with van der Waals surface area (Å²) in [5.74, 6) is 2.37. The summed E-state index contributed by atoms with van der Waals surface area (Å²) in [6.45, 7) is 3.12. The van der Waals surface area contributed by atoms with Crippen LogP contribution in [0.5, 0.6) is 17.2 Å². The van der Waals surface area contributed by atoms with Gasteiger partial charge in [-0.15, -0.1) is 0 Å². The number of carbonyl (C=O) groups is 1. The number of rotatable bonds is 6. The number of nitrogens with zero attached hydrogens (tertiary/aromatic N) is 1. The Balaban J connectivity index is 1.52. The number of methoxy groups -OCH3 is 2. The second kappa shape index (κ2) is 9.62. The number of anilines is 1. The number of hydrogen-bond acceptors (Lipinski definition) is 4. The molecule has 0 fully saturated rings. The first-order chi connectivity index (χ1) is 17.1. The highest BCUT2D eigenvalue weighted by Crippen LogP contribution is 2.40. The lowest BCUT2D eigenvalue weighted by Gasteiger charge is -2.36. The van der Waals surface area contributed by atoms with Crippen LogP contribution in [0, 0.1) is 0 Å². The molecule has 0 radical (unpaired) electrons. The lowest BCUT2D eigenvalue weighted by atomic mass is 9.92. The van der Waals surface area contributed by atoms with Crippen molar-refractivity contribution in [2.45, 2.75) is 19.4 Å². The number of ether oxygens (including phenoxy) is 3. The summed E-state index contributed by atoms with van der Waals surface area (Å²) < 4.78 is 16.3. The third-order valence-corrected chi connectivity index (χ3v) is 6.44. The molecule has 2 amide bonds. The quantitative estimate of drug-likeness (QED) is 0.375. The van der Waals surface area contributed by atoms with Crippen molar-refractivity contribution in [3.8, 4) is 17.2 Å². The maximum absolute atomic E-state index is 13.5. The number of H-pyrrole nitrogens is 1. The number of carbonyl (C=O) groups excluding carboxylic acids is 1. The van der Waals surface area contributed by atoms with E-state index in [2.05, 4.69) is 16.4 Å². The van der Waals surface area contributed by atoms with E-state index >= 15 is 0 Å². The highest BCUT2D eigenvalue weighted by atomic mass is 16.5. The number of urea groups is 1. The van der Waals surface area contributed by atoms with Crippen molar-refractivity contribution in [1.29, 1.82) is 0 Å². The molecule has 7 nitrogen and oxygen atoms in total. The van der Waals surface area contributed by atoms with Gasteiger partial charge in [-0.05, 0) is 79.1 Å². The fourth-order valence-electron chi connectivity index (χ4n) is 4.74. The van der Waals surface area contributed by atoms with Crippen LogP contribution in [-0.2, 0) is 6.42 Å². The standard InChI is InChI=1S/C28H29N3O4/c1-4-35-21-11-7-19(8-12-21)29-28(32)31-16-15-23-24-17-22(34-3)13-14-25(24)30-26(23)27(31)18-5-9-20(33-2)10-6-18/h5-14,17,27,30H,4,15-16H2,1-3H3,(H,29,32). The summed E-state index contributed by atoms with van der Waals surface area (Å²) in [5, 5.41) is 4.19. The zero-order valence-electron chi connectivity index (χ0n) is 20.1. The number of aromatic amines is 1. The van der Waals surface area contributed by atoms with Crippen molar-refractivity contribution in [1.82, 2.24) is 9.88 Å². The van der Waals surface area contributed by atoms with Gasteiger partial charge in [-0.3, -0.25) is 0 Å². The zero-order chi connectivity index (χ0) is 24.4. The summed E-state index contributed by atoms with van der Waals surface area (Å²) >= 11 is 0. The molecule has 5 rings (SSSR count). The van der Waals surface area contributed by atoms with Crippen molar-refractivity contribution in [3.63, 3.8) is 0 Å². The van der Waals surface area contributed by atoms with Crippen LogP contribution in [0.2, 0.25) is 0 Å². The Bertz CT molecular complexity index is 1330. The molecule has 0 saturated heterocycles. The Morgan fingerprint density at radius 2 is 1.66 bits per heavy atom. The molecule has 0 saturated carbocycles. The van der Waals surface area contributed by atoms with Crippen LogP contribution in [-0.4, -0.2) is 43.3 Å². The first-order valence-corrected chi connectivity index (χ1v) is 11.7. The van der Waals surface area contributed by atoms with Gasteiger partial charge in [0.05, 0.1) is 26.9 Å². The number of fused-ring (bicyclic) bond motifs is 3. The summed E-state index contributed by atoms with van der Waals surface area (Å²) in [4.78, 5) is 19.0. The molecule has 35 heavy (non-hydrogen) atoms. The molecular formula is C28H29N3O4. The molecule has 1 aromatic heterocycles. The van der Waals surface area contributed by atoms with Crippen molar-refractivity contribution in [2.75, 3.05) is 32.7 Å². The van der Waals surface area contributed by atoms with Gasteiger partial charge in [0.15, 0.2) is 0 Å². The highest BCUT2D eigenvalue weighted by Gasteiger charge is 2.34. The van der Waals surface area contributed by atoms with E-state index in [-0.39, 0.29) is 12.1 Å². The summed E-state index contributed by atoms with van der Waals surface area (Å²) in [6, 6.07) is 20.9. The molecule has 4 aromatic rings. The first kappa shape index (κ1) is 22.7. The van der Waals surface area contributed by atoms with Gasteiger partial charge < -0.3 is 29.4 Å². The summed E-state index contributed by atoms with van der Waals surface area (Å²) in [5.41, 5.74) is 4.99. The topological polar surface area (TPSA) is 75.8 Å². The lowest BCUT2D eigenvalue weighted by Crippen LogP contribution is -2.43. The van der Waals surface area contributed by atoms with Crippen molar-refractivity contribution in [3.05, 3.63) is 83.6 Å². The average Bonchev–Trinajstić information content (AvgIpc) is 3.27. The molecule has 1 aliphatic heterocycles. The fourth-order valence-corrected chi connectivity index (χ4v) is 4.74. The smallest absolute Gasteiger partial charge is 0.322 e. The molecular weight excluding hydrogens is 442 g/mol. The zero-order valence-corrected chi connectivity index (χ0v) is 20.1. The monoisotopic (exact) mass is 471 g/mol. The van der Waals surface area contributed by atoms with Gasteiger partial charge in [-0.1, -0.05) is 12.1 Å². The predicted molar refractivity (Wildman–Crippen MR) is 137 cm³/mol. The van der Waals surface area contributed by atoms with Crippen molar-refractivity contribution < 1.29 is 19.0 Å². The van der Waals surface area contributed by atoms with E-state index in [1.807, 2.05) is 72.5 Å². The van der Waals surface area contributed by atoms with Crippen LogP contribution >= 0.6 is 0 Å². The van der Waals surface area contributed by atoms with Crippen molar-refractivity contribution in [2.24, 2.45) is 0 Å². The predicted octanol–water partition coefficient (Wildman–Crippen LogP) is 5.76. The Labute approximate surface area is 204 Å². The van der Waals surface area contributed by atoms with E-state index in [4.69, 9.17) is 14.2 Å². The van der Waals surface area contributed by atoms with Crippen LogP contribution in [0.4, 0.5) is 10.5 Å². The Hall–Kier alpha value is -4.13. The minimum Gasteiger partial charge on any atom is -0.497 e. The normalized spacial score (nSPS) is 14.9. The van der Waals surface area contributed by atoms with Crippen LogP contribution in [0.3, 0.4) is 0 Å². The Morgan fingerprint density at radius 3 is 2.34 bits per heavy atom. The van der Waals surface area contributed by atoms with Crippen LogP contribution in [0.15, 0.2) is 66.7 Å². The van der Waals surface area contributed by atoms with Gasteiger partial charge in [-0.25, -0.2) is 4.79 Å². The summed E-state index contributed by atoms with van der Waals surface area (Å²) in [6.07, 6.45) is 0.742. The summed E-state index contributed by atoms with van der Waals surface area (Å²) in [7, 11) is 3.32.